The van der Waals surface area contributed by atoms with Crippen LogP contribution in [-0.2, 0) is 14.2 Å². The lowest BCUT2D eigenvalue weighted by atomic mass is 9.89. The molecule has 1 heterocycles. The molecule has 1 aliphatic heterocycles. The van der Waals surface area contributed by atoms with E-state index in [4.69, 9.17) is 14.2 Å². The van der Waals surface area contributed by atoms with Crippen molar-refractivity contribution < 1.29 is 14.2 Å². The van der Waals surface area contributed by atoms with Gasteiger partial charge in [-0.05, 0) is 6.42 Å². The van der Waals surface area contributed by atoms with Crippen LogP contribution in [0.15, 0.2) is 0 Å². The van der Waals surface area contributed by atoms with E-state index in [1.54, 1.807) is 14.2 Å². The third-order valence-electron chi connectivity index (χ3n) is 2.09. The summed E-state index contributed by atoms with van der Waals surface area (Å²) in [5.74, 6) is 0. The summed E-state index contributed by atoms with van der Waals surface area (Å²) in [4.78, 5) is 0. The summed E-state index contributed by atoms with van der Waals surface area (Å²) in [5, 5.41) is 0. The molecular formula is C8H16O3. The van der Waals surface area contributed by atoms with Crippen LogP contribution in [0, 0.1) is 5.41 Å². The van der Waals surface area contributed by atoms with Crippen LogP contribution in [0.1, 0.15) is 6.42 Å². The SMILES string of the molecule is COCC1(COC)CCOC1. The van der Waals surface area contributed by atoms with Crippen molar-refractivity contribution in [2.24, 2.45) is 5.41 Å². The first-order valence-electron chi connectivity index (χ1n) is 3.89. The Morgan fingerprint density at radius 1 is 1.27 bits per heavy atom. The standard InChI is InChI=1S/C8H16O3/c1-9-5-8(6-10-2)3-4-11-7-8/h3-7H2,1-2H3. The highest BCUT2D eigenvalue weighted by molar-refractivity contribution is 4.82. The van der Waals surface area contributed by atoms with E-state index in [1.807, 2.05) is 0 Å². The van der Waals surface area contributed by atoms with Crippen LogP contribution in [0.3, 0.4) is 0 Å². The molecule has 0 saturated carbocycles. The van der Waals surface area contributed by atoms with Gasteiger partial charge in [-0.3, -0.25) is 0 Å². The fourth-order valence-corrected chi connectivity index (χ4v) is 1.53. The Bertz CT molecular complexity index is 99.9. The predicted octanol–water partition coefficient (Wildman–Crippen LogP) is 0.686. The molecule has 66 valence electrons. The van der Waals surface area contributed by atoms with Crippen LogP contribution < -0.4 is 0 Å². The Kier molecular flexibility index (Phi) is 3.30. The minimum absolute atomic E-state index is 0.128. The van der Waals surface area contributed by atoms with E-state index in [-0.39, 0.29) is 5.41 Å². The second-order valence-corrected chi connectivity index (χ2v) is 3.17. The first-order chi connectivity index (χ1) is 5.33. The monoisotopic (exact) mass is 160 g/mol. The molecule has 1 saturated heterocycles. The summed E-state index contributed by atoms with van der Waals surface area (Å²) in [6.45, 7) is 3.09. The van der Waals surface area contributed by atoms with E-state index in [1.165, 1.54) is 0 Å². The normalized spacial score (nSPS) is 22.4. The summed E-state index contributed by atoms with van der Waals surface area (Å²) in [6.07, 6.45) is 1.05. The first-order valence-corrected chi connectivity index (χ1v) is 3.89. The van der Waals surface area contributed by atoms with Crippen molar-refractivity contribution in [3.05, 3.63) is 0 Å². The molecule has 0 radical (unpaired) electrons. The van der Waals surface area contributed by atoms with Gasteiger partial charge in [0, 0.05) is 26.2 Å². The highest BCUT2D eigenvalue weighted by Crippen LogP contribution is 2.28. The summed E-state index contributed by atoms with van der Waals surface area (Å²) < 4.78 is 15.5. The maximum atomic E-state index is 5.31. The van der Waals surface area contributed by atoms with E-state index in [2.05, 4.69) is 0 Å². The Hall–Kier alpha value is -0.120. The summed E-state index contributed by atoms with van der Waals surface area (Å²) in [5.41, 5.74) is 0.128. The number of ether oxygens (including phenoxy) is 3. The molecule has 0 aromatic rings. The molecule has 3 nitrogen and oxygen atoms in total. The van der Waals surface area contributed by atoms with Crippen molar-refractivity contribution in [1.82, 2.24) is 0 Å². The van der Waals surface area contributed by atoms with Crippen molar-refractivity contribution in [2.75, 3.05) is 40.6 Å². The van der Waals surface area contributed by atoms with Crippen molar-refractivity contribution >= 4 is 0 Å². The molecular weight excluding hydrogens is 144 g/mol. The molecule has 0 atom stereocenters. The van der Waals surface area contributed by atoms with Gasteiger partial charge in [0.05, 0.1) is 19.8 Å². The number of hydrogen-bond donors (Lipinski definition) is 0. The molecule has 0 aliphatic carbocycles. The molecule has 1 fully saturated rings. The van der Waals surface area contributed by atoms with Gasteiger partial charge in [-0.15, -0.1) is 0 Å². The molecule has 0 N–H and O–H groups in total. The topological polar surface area (TPSA) is 27.7 Å². The van der Waals surface area contributed by atoms with Crippen LogP contribution in [0.4, 0.5) is 0 Å². The van der Waals surface area contributed by atoms with Gasteiger partial charge in [-0.1, -0.05) is 0 Å². The number of rotatable bonds is 4. The fraction of sp³-hybridized carbons (Fsp3) is 1.00. The maximum absolute atomic E-state index is 5.31. The van der Waals surface area contributed by atoms with Crippen LogP contribution in [-0.4, -0.2) is 40.6 Å². The largest absolute Gasteiger partial charge is 0.384 e. The Morgan fingerprint density at radius 3 is 2.27 bits per heavy atom. The molecule has 11 heavy (non-hydrogen) atoms. The zero-order valence-electron chi connectivity index (χ0n) is 7.26. The van der Waals surface area contributed by atoms with Crippen molar-refractivity contribution in [3.8, 4) is 0 Å². The molecule has 0 unspecified atom stereocenters. The lowest BCUT2D eigenvalue weighted by Crippen LogP contribution is -2.31. The third-order valence-corrected chi connectivity index (χ3v) is 2.09. The second-order valence-electron chi connectivity index (χ2n) is 3.17. The van der Waals surface area contributed by atoms with Crippen molar-refractivity contribution in [2.45, 2.75) is 6.42 Å². The average molecular weight is 160 g/mol. The molecule has 0 bridgehead atoms. The number of methoxy groups -OCH3 is 2. The molecule has 1 aliphatic rings. The van der Waals surface area contributed by atoms with Gasteiger partial charge in [0.25, 0.3) is 0 Å². The Labute approximate surface area is 67.6 Å². The lowest BCUT2D eigenvalue weighted by Gasteiger charge is -2.24. The van der Waals surface area contributed by atoms with E-state index in [0.717, 1.165) is 32.8 Å². The Morgan fingerprint density at radius 2 is 1.91 bits per heavy atom. The minimum Gasteiger partial charge on any atom is -0.384 e. The van der Waals surface area contributed by atoms with Gasteiger partial charge in [-0.25, -0.2) is 0 Å². The quantitative estimate of drug-likeness (QED) is 0.605. The molecule has 0 aromatic heterocycles. The van der Waals surface area contributed by atoms with E-state index in [9.17, 15) is 0 Å². The van der Waals surface area contributed by atoms with E-state index in [0.29, 0.717) is 0 Å². The summed E-state index contributed by atoms with van der Waals surface area (Å²) in [6, 6.07) is 0. The van der Waals surface area contributed by atoms with Gasteiger partial charge in [0.1, 0.15) is 0 Å². The van der Waals surface area contributed by atoms with E-state index < -0.39 is 0 Å². The van der Waals surface area contributed by atoms with Gasteiger partial charge >= 0.3 is 0 Å². The smallest absolute Gasteiger partial charge is 0.0567 e. The highest BCUT2D eigenvalue weighted by Gasteiger charge is 2.34. The average Bonchev–Trinajstić information content (AvgIpc) is 2.39. The highest BCUT2D eigenvalue weighted by atomic mass is 16.5. The van der Waals surface area contributed by atoms with Crippen LogP contribution in [0.5, 0.6) is 0 Å². The molecule has 3 heteroatoms. The van der Waals surface area contributed by atoms with Crippen LogP contribution in [0.25, 0.3) is 0 Å². The molecule has 0 amide bonds. The Balaban J connectivity index is 2.40. The van der Waals surface area contributed by atoms with Gasteiger partial charge < -0.3 is 14.2 Å². The zero-order chi connectivity index (χ0) is 8.16. The van der Waals surface area contributed by atoms with Crippen molar-refractivity contribution in [1.29, 1.82) is 0 Å². The van der Waals surface area contributed by atoms with Crippen LogP contribution in [0.2, 0.25) is 0 Å². The first kappa shape index (κ1) is 8.97. The molecule has 0 spiro atoms. The summed E-state index contributed by atoms with van der Waals surface area (Å²) in [7, 11) is 3.44. The second kappa shape index (κ2) is 4.04. The van der Waals surface area contributed by atoms with Gasteiger partial charge in [-0.2, -0.15) is 0 Å². The zero-order valence-corrected chi connectivity index (χ0v) is 7.26. The lowest BCUT2D eigenvalue weighted by molar-refractivity contribution is 0.00351. The van der Waals surface area contributed by atoms with Crippen molar-refractivity contribution in [3.63, 3.8) is 0 Å². The molecule has 0 aromatic carbocycles. The third kappa shape index (κ3) is 2.15. The maximum Gasteiger partial charge on any atom is 0.0567 e. The fourth-order valence-electron chi connectivity index (χ4n) is 1.53. The minimum atomic E-state index is 0.128. The van der Waals surface area contributed by atoms with Crippen LogP contribution >= 0.6 is 0 Å². The summed E-state index contributed by atoms with van der Waals surface area (Å²) >= 11 is 0. The molecule has 1 rings (SSSR count). The predicted molar refractivity (Wildman–Crippen MR) is 41.6 cm³/mol. The number of hydrogen-bond acceptors (Lipinski definition) is 3. The van der Waals surface area contributed by atoms with Gasteiger partial charge in [0.15, 0.2) is 0 Å². The van der Waals surface area contributed by atoms with Gasteiger partial charge in [0.2, 0.25) is 0 Å². The van der Waals surface area contributed by atoms with E-state index >= 15 is 0 Å².